The first kappa shape index (κ1) is 30.5. The predicted molar refractivity (Wildman–Crippen MR) is 156 cm³/mol. The Morgan fingerprint density at radius 2 is 1.52 bits per heavy atom. The number of carbonyl (C=O) groups is 2. The molecule has 0 radical (unpaired) electrons. The highest BCUT2D eigenvalue weighted by Gasteiger charge is 2.30. The van der Waals surface area contributed by atoms with Crippen molar-refractivity contribution in [3.8, 4) is 11.5 Å². The van der Waals surface area contributed by atoms with Gasteiger partial charge >= 0.3 is 0 Å². The zero-order valence-electron chi connectivity index (χ0n) is 23.4. The number of hydrogen-bond acceptors (Lipinski definition) is 6. The Morgan fingerprint density at radius 1 is 0.875 bits per heavy atom. The third-order valence-corrected chi connectivity index (χ3v) is 7.71. The van der Waals surface area contributed by atoms with Crippen molar-refractivity contribution in [1.29, 1.82) is 0 Å². The summed E-state index contributed by atoms with van der Waals surface area (Å²) in [5.74, 6) is 0.721. The average molecular weight is 568 g/mol. The molecule has 0 spiro atoms. The molecule has 40 heavy (non-hydrogen) atoms. The lowest BCUT2D eigenvalue weighted by molar-refractivity contribution is -0.141. The summed E-state index contributed by atoms with van der Waals surface area (Å²) in [6, 6.07) is 22.8. The van der Waals surface area contributed by atoms with Crippen molar-refractivity contribution in [2.24, 2.45) is 0 Å². The lowest BCUT2D eigenvalue weighted by Crippen LogP contribution is -2.49. The number of carbonyl (C=O) groups excluding carboxylic acids is 2. The summed E-state index contributed by atoms with van der Waals surface area (Å²) in [6.45, 7) is 0.294. The summed E-state index contributed by atoms with van der Waals surface area (Å²) in [6.07, 6.45) is 1.78. The van der Waals surface area contributed by atoms with Crippen LogP contribution >= 0.6 is 0 Å². The molecule has 10 heteroatoms. The van der Waals surface area contributed by atoms with Gasteiger partial charge in [0.1, 0.15) is 17.5 Å². The Bertz CT molecular complexity index is 1360. The molecule has 2 amide bonds. The first-order valence-electron chi connectivity index (χ1n) is 13.0. The summed E-state index contributed by atoms with van der Waals surface area (Å²) in [7, 11) is 1.06. The molecule has 0 aliphatic rings. The van der Waals surface area contributed by atoms with E-state index in [1.807, 2.05) is 54.6 Å². The zero-order chi connectivity index (χ0) is 29.1. The topological polar surface area (TPSA) is 105 Å². The maximum atomic E-state index is 13.7. The normalized spacial score (nSPS) is 11.8. The second-order valence-electron chi connectivity index (χ2n) is 9.33. The molecule has 1 unspecified atom stereocenters. The quantitative estimate of drug-likeness (QED) is 0.319. The van der Waals surface area contributed by atoms with E-state index < -0.39 is 16.1 Å². The summed E-state index contributed by atoms with van der Waals surface area (Å²) in [4.78, 5) is 28.4. The van der Waals surface area contributed by atoms with Crippen molar-refractivity contribution in [3.63, 3.8) is 0 Å². The number of nitrogens with zero attached hydrogens (tertiary/aromatic N) is 2. The van der Waals surface area contributed by atoms with Gasteiger partial charge in [-0.2, -0.15) is 0 Å². The van der Waals surface area contributed by atoms with Crippen LogP contribution in [0.5, 0.6) is 11.5 Å². The smallest absolute Gasteiger partial charge is 0.242 e. The molecule has 0 fully saturated rings. The highest BCUT2D eigenvalue weighted by atomic mass is 32.2. The van der Waals surface area contributed by atoms with Crippen LogP contribution < -0.4 is 19.1 Å². The molecule has 0 heterocycles. The molecule has 0 aliphatic heterocycles. The monoisotopic (exact) mass is 567 g/mol. The molecule has 1 atom stereocenters. The van der Waals surface area contributed by atoms with Crippen LogP contribution in [0.25, 0.3) is 0 Å². The Labute approximate surface area is 236 Å². The molecule has 0 saturated carbocycles. The predicted octanol–water partition coefficient (Wildman–Crippen LogP) is 3.64. The number of sulfonamides is 1. The van der Waals surface area contributed by atoms with Crippen LogP contribution in [0.15, 0.2) is 78.9 Å². The van der Waals surface area contributed by atoms with E-state index in [0.717, 1.165) is 17.4 Å². The van der Waals surface area contributed by atoms with Crippen LogP contribution in [0, 0.1) is 0 Å². The number of anilines is 1. The molecular formula is C30H37N3O6S. The summed E-state index contributed by atoms with van der Waals surface area (Å²) < 4.78 is 36.9. The fraction of sp³-hybridized carbons (Fsp3) is 0.333. The van der Waals surface area contributed by atoms with Crippen molar-refractivity contribution in [2.75, 3.05) is 38.4 Å². The lowest BCUT2D eigenvalue weighted by Gasteiger charge is -2.31. The van der Waals surface area contributed by atoms with Gasteiger partial charge in [0.25, 0.3) is 0 Å². The van der Waals surface area contributed by atoms with Crippen molar-refractivity contribution in [2.45, 2.75) is 31.8 Å². The number of rotatable bonds is 14. The van der Waals surface area contributed by atoms with Crippen LogP contribution in [0.2, 0.25) is 0 Å². The van der Waals surface area contributed by atoms with E-state index in [0.29, 0.717) is 23.6 Å². The molecule has 3 aromatic rings. The molecule has 214 valence electrons. The fourth-order valence-corrected chi connectivity index (χ4v) is 5.41. The highest BCUT2D eigenvalue weighted by Crippen LogP contribution is 2.23. The standard InChI is InChI=1S/C30H37N3O6S/c1-31-30(35)28(21-23-10-6-5-7-11-23)32(22-24-12-8-13-27(20-24)39-3)29(34)14-9-19-33(40(4,36)37)25-15-17-26(38-2)18-16-25/h5-8,10-13,15-18,20,28H,9,14,19,21-22H2,1-4H3,(H,31,35). The van der Waals surface area contributed by atoms with Gasteiger partial charge in [0.05, 0.1) is 26.2 Å². The van der Waals surface area contributed by atoms with E-state index in [1.165, 1.54) is 11.4 Å². The van der Waals surface area contributed by atoms with Crippen molar-refractivity contribution in [1.82, 2.24) is 10.2 Å². The van der Waals surface area contributed by atoms with E-state index in [1.54, 1.807) is 43.3 Å². The minimum absolute atomic E-state index is 0.0500. The number of hydrogen-bond donors (Lipinski definition) is 1. The Balaban J connectivity index is 1.85. The van der Waals surface area contributed by atoms with Crippen LogP contribution in [0.4, 0.5) is 5.69 Å². The average Bonchev–Trinajstić information content (AvgIpc) is 2.96. The fourth-order valence-electron chi connectivity index (χ4n) is 4.44. The number of ether oxygens (including phenoxy) is 2. The van der Waals surface area contributed by atoms with Crippen molar-refractivity contribution in [3.05, 3.63) is 90.0 Å². The first-order valence-corrected chi connectivity index (χ1v) is 14.8. The minimum Gasteiger partial charge on any atom is -0.497 e. The molecule has 9 nitrogen and oxygen atoms in total. The molecule has 0 aromatic heterocycles. The highest BCUT2D eigenvalue weighted by molar-refractivity contribution is 7.92. The lowest BCUT2D eigenvalue weighted by atomic mass is 10.0. The molecule has 0 aliphatic carbocycles. The summed E-state index contributed by atoms with van der Waals surface area (Å²) in [5, 5.41) is 2.70. The molecule has 3 aromatic carbocycles. The maximum absolute atomic E-state index is 13.7. The van der Waals surface area contributed by atoms with Crippen LogP contribution in [-0.2, 0) is 32.6 Å². The van der Waals surface area contributed by atoms with Gasteiger partial charge in [0.15, 0.2) is 0 Å². The van der Waals surface area contributed by atoms with E-state index in [-0.39, 0.29) is 37.7 Å². The van der Waals surface area contributed by atoms with Gasteiger partial charge in [-0.15, -0.1) is 0 Å². The van der Waals surface area contributed by atoms with E-state index in [9.17, 15) is 18.0 Å². The van der Waals surface area contributed by atoms with Gasteiger partial charge in [0.2, 0.25) is 21.8 Å². The van der Waals surface area contributed by atoms with Crippen molar-refractivity contribution < 1.29 is 27.5 Å². The van der Waals surface area contributed by atoms with Gasteiger partial charge in [-0.05, 0) is 53.9 Å². The minimum atomic E-state index is -3.60. The van der Waals surface area contributed by atoms with Gasteiger partial charge in [-0.3, -0.25) is 13.9 Å². The largest absolute Gasteiger partial charge is 0.497 e. The zero-order valence-corrected chi connectivity index (χ0v) is 24.2. The Morgan fingerprint density at radius 3 is 2.12 bits per heavy atom. The van der Waals surface area contributed by atoms with Gasteiger partial charge in [-0.1, -0.05) is 42.5 Å². The van der Waals surface area contributed by atoms with Crippen LogP contribution in [0.3, 0.4) is 0 Å². The SMILES string of the molecule is CNC(=O)C(Cc1ccccc1)N(Cc1cccc(OC)c1)C(=O)CCCN(c1ccc(OC)cc1)S(C)(=O)=O. The van der Waals surface area contributed by atoms with Gasteiger partial charge in [-0.25, -0.2) is 8.42 Å². The van der Waals surface area contributed by atoms with Crippen molar-refractivity contribution >= 4 is 27.5 Å². The van der Waals surface area contributed by atoms with E-state index in [4.69, 9.17) is 9.47 Å². The van der Waals surface area contributed by atoms with Gasteiger partial charge < -0.3 is 19.7 Å². The second kappa shape index (κ2) is 14.4. The number of benzene rings is 3. The molecular weight excluding hydrogens is 530 g/mol. The number of methoxy groups -OCH3 is 2. The number of amides is 2. The molecule has 3 rings (SSSR count). The maximum Gasteiger partial charge on any atom is 0.242 e. The number of likely N-dealkylation sites (N-methyl/N-ethyl adjacent to an activating group) is 1. The third kappa shape index (κ3) is 8.47. The first-order chi connectivity index (χ1) is 19.2. The second-order valence-corrected chi connectivity index (χ2v) is 11.2. The molecule has 0 saturated heterocycles. The van der Waals surface area contributed by atoms with E-state index >= 15 is 0 Å². The summed E-state index contributed by atoms with van der Waals surface area (Å²) >= 11 is 0. The summed E-state index contributed by atoms with van der Waals surface area (Å²) in [5.41, 5.74) is 2.21. The number of nitrogens with one attached hydrogen (secondary N) is 1. The third-order valence-electron chi connectivity index (χ3n) is 6.52. The Kier molecular flexibility index (Phi) is 11.0. The van der Waals surface area contributed by atoms with Crippen LogP contribution in [0.1, 0.15) is 24.0 Å². The molecule has 1 N–H and O–H groups in total. The Hall–Kier alpha value is -4.05. The van der Waals surface area contributed by atoms with Gasteiger partial charge in [0, 0.05) is 33.0 Å². The van der Waals surface area contributed by atoms with E-state index in [2.05, 4.69) is 5.32 Å². The van der Waals surface area contributed by atoms with Crippen LogP contribution in [-0.4, -0.2) is 65.2 Å². The molecule has 0 bridgehead atoms.